The van der Waals surface area contributed by atoms with Crippen molar-refractivity contribution in [2.24, 2.45) is 0 Å². The predicted octanol–water partition coefficient (Wildman–Crippen LogP) is 8.01. The third-order valence-electron chi connectivity index (χ3n) is 5.26. The molecule has 4 bridgehead atoms. The molecule has 3 heterocycles. The minimum Gasteiger partial charge on any atom is -0.203 e. The van der Waals surface area contributed by atoms with E-state index in [-0.39, 0.29) is 21.5 Å². The third kappa shape index (κ3) is 9.25. The number of thioether (sulfide) groups is 8. The second kappa shape index (κ2) is 15.3. The average molecular weight is 779 g/mol. The van der Waals surface area contributed by atoms with Crippen molar-refractivity contribution in [2.75, 3.05) is 50.2 Å². The van der Waals surface area contributed by atoms with Crippen LogP contribution in [0.3, 0.4) is 0 Å². The Kier molecular flexibility index (Phi) is 13.8. The Morgan fingerprint density at radius 3 is 1.24 bits per heavy atom. The van der Waals surface area contributed by atoms with Crippen LogP contribution in [0.5, 0.6) is 0 Å². The van der Waals surface area contributed by atoms with Gasteiger partial charge in [0.2, 0.25) is 0 Å². The molecule has 0 fully saturated rings. The maximum Gasteiger partial charge on any atom is 0.511 e. The maximum atomic E-state index is 13.4. The van der Waals surface area contributed by atoms with E-state index in [0.29, 0.717) is 11.5 Å². The van der Waals surface area contributed by atoms with Gasteiger partial charge in [-0.25, -0.2) is 16.8 Å². The van der Waals surface area contributed by atoms with E-state index in [4.69, 9.17) is 0 Å². The minimum atomic E-state index is -5.77. The number of halogens is 6. The zero-order valence-electron chi connectivity index (χ0n) is 21.2. The molecule has 0 saturated heterocycles. The van der Waals surface area contributed by atoms with Crippen molar-refractivity contribution in [2.45, 2.75) is 30.3 Å². The molecule has 3 aliphatic rings. The molecule has 0 aromatic heterocycles. The summed E-state index contributed by atoms with van der Waals surface area (Å²) in [6.45, 7) is -2.58. The van der Waals surface area contributed by atoms with Crippen molar-refractivity contribution in [1.82, 2.24) is 8.61 Å². The van der Waals surface area contributed by atoms with Crippen LogP contribution >= 0.6 is 94.1 Å². The van der Waals surface area contributed by atoms with Gasteiger partial charge in [0.1, 0.15) is 0 Å². The van der Waals surface area contributed by atoms with Crippen molar-refractivity contribution in [3.63, 3.8) is 0 Å². The number of sulfonamides is 2. The molecular formula is C19H24F6N2O4S10. The van der Waals surface area contributed by atoms with Gasteiger partial charge in [0.25, 0.3) is 0 Å². The first-order valence-electron chi connectivity index (χ1n) is 11.4. The summed E-state index contributed by atoms with van der Waals surface area (Å²) in [7, 11) is -11.5. The van der Waals surface area contributed by atoms with Gasteiger partial charge in [-0.2, -0.15) is 35.0 Å². The zero-order valence-corrected chi connectivity index (χ0v) is 29.4. The molecule has 0 N–H and O–H groups in total. The Morgan fingerprint density at radius 1 is 0.585 bits per heavy atom. The van der Waals surface area contributed by atoms with Crippen LogP contribution in [0.4, 0.5) is 26.3 Å². The molecule has 3 aliphatic heterocycles. The fourth-order valence-corrected chi connectivity index (χ4v) is 16.6. The molecule has 0 unspecified atom stereocenters. The monoisotopic (exact) mass is 778 g/mol. The third-order valence-corrected chi connectivity index (χ3v) is 20.0. The Bertz CT molecular complexity index is 1190. The summed E-state index contributed by atoms with van der Waals surface area (Å²) in [5.74, 6) is 0.618. The normalized spacial score (nSPS) is 22.7. The maximum absolute atomic E-state index is 13.4. The lowest BCUT2D eigenvalue weighted by Gasteiger charge is -2.26. The molecule has 0 amide bonds. The van der Waals surface area contributed by atoms with Gasteiger partial charge in [-0.05, 0) is 43.3 Å². The highest BCUT2D eigenvalue weighted by Crippen LogP contribution is 2.65. The lowest BCUT2D eigenvalue weighted by molar-refractivity contribution is -0.0491. The van der Waals surface area contributed by atoms with Crippen molar-refractivity contribution < 1.29 is 43.2 Å². The highest BCUT2D eigenvalue weighted by molar-refractivity contribution is 8.45. The standard InChI is InChI=1S/C19H24F6N2O4S10/c1-32-12-14-34-10-4-8-26(40(28,29)18(20,21)22)6-3-7-27(41(30,31)19(23,24)25)9-5-11-35-15-13(33-2)37-17(39-15)16(36-12)38-14/h3-11H2,1-2H3. The van der Waals surface area contributed by atoms with Crippen molar-refractivity contribution in [3.8, 4) is 0 Å². The largest absolute Gasteiger partial charge is 0.511 e. The average Bonchev–Trinajstić information content (AvgIpc) is 3.48. The fourth-order valence-electron chi connectivity index (χ4n) is 3.37. The molecule has 0 aromatic carbocycles. The van der Waals surface area contributed by atoms with E-state index in [1.807, 2.05) is 12.5 Å². The number of fused-ring (bicyclic) bond motifs is 4. The molecule has 0 spiro atoms. The molecule has 0 atom stereocenters. The van der Waals surface area contributed by atoms with Gasteiger partial charge in [-0.15, -0.1) is 47.0 Å². The van der Waals surface area contributed by atoms with Crippen LogP contribution in [0.25, 0.3) is 0 Å². The Labute approximate surface area is 269 Å². The van der Waals surface area contributed by atoms with E-state index in [1.165, 1.54) is 23.5 Å². The van der Waals surface area contributed by atoms with Gasteiger partial charge in [0, 0.05) is 26.2 Å². The lowest BCUT2D eigenvalue weighted by atomic mass is 10.4. The van der Waals surface area contributed by atoms with E-state index in [2.05, 4.69) is 0 Å². The summed E-state index contributed by atoms with van der Waals surface area (Å²) >= 11 is 12.2. The summed E-state index contributed by atoms with van der Waals surface area (Å²) in [5.41, 5.74) is -11.2. The second-order valence-corrected chi connectivity index (χ2v) is 21.3. The van der Waals surface area contributed by atoms with E-state index < -0.39 is 63.7 Å². The molecule has 236 valence electrons. The van der Waals surface area contributed by atoms with Crippen LogP contribution in [0.2, 0.25) is 0 Å². The summed E-state index contributed by atoms with van der Waals surface area (Å²) < 4.78 is 136. The van der Waals surface area contributed by atoms with Crippen molar-refractivity contribution >= 4 is 114 Å². The smallest absolute Gasteiger partial charge is 0.203 e. The summed E-state index contributed by atoms with van der Waals surface area (Å²) in [6, 6.07) is 0. The number of hydrogen-bond acceptors (Lipinski definition) is 12. The van der Waals surface area contributed by atoms with E-state index in [9.17, 15) is 43.2 Å². The van der Waals surface area contributed by atoms with Crippen LogP contribution < -0.4 is 0 Å². The molecule has 0 aromatic rings. The van der Waals surface area contributed by atoms with E-state index in [1.54, 1.807) is 70.6 Å². The van der Waals surface area contributed by atoms with Gasteiger partial charge in [0.15, 0.2) is 0 Å². The van der Waals surface area contributed by atoms with Gasteiger partial charge in [-0.1, -0.05) is 47.0 Å². The fraction of sp³-hybridized carbons (Fsp3) is 0.684. The molecule has 0 radical (unpaired) electrons. The first kappa shape index (κ1) is 36.9. The zero-order chi connectivity index (χ0) is 30.6. The highest BCUT2D eigenvalue weighted by atomic mass is 32.3. The first-order chi connectivity index (χ1) is 19.0. The molecule has 6 nitrogen and oxygen atoms in total. The number of rotatable bonds is 4. The molecule has 22 heteroatoms. The summed E-state index contributed by atoms with van der Waals surface area (Å²) in [6.07, 6.45) is 3.42. The van der Waals surface area contributed by atoms with Crippen molar-refractivity contribution in [3.05, 3.63) is 25.4 Å². The van der Waals surface area contributed by atoms with Crippen molar-refractivity contribution in [1.29, 1.82) is 0 Å². The molecule has 41 heavy (non-hydrogen) atoms. The Morgan fingerprint density at radius 2 is 0.927 bits per heavy atom. The van der Waals surface area contributed by atoms with Gasteiger partial charge >= 0.3 is 31.1 Å². The van der Waals surface area contributed by atoms with Crippen LogP contribution in [0, 0.1) is 0 Å². The topological polar surface area (TPSA) is 74.8 Å². The Balaban J connectivity index is 1.88. The predicted molar refractivity (Wildman–Crippen MR) is 170 cm³/mol. The first-order valence-corrected chi connectivity index (χ1v) is 22.0. The van der Waals surface area contributed by atoms with Gasteiger partial charge in [0.05, 0.1) is 25.4 Å². The summed E-state index contributed by atoms with van der Waals surface area (Å²) in [5, 5.41) is 0. The number of alkyl halides is 6. The molecule has 0 aliphatic carbocycles. The lowest BCUT2D eigenvalue weighted by Crippen LogP contribution is -2.45. The van der Waals surface area contributed by atoms with Gasteiger partial charge < -0.3 is 0 Å². The van der Waals surface area contributed by atoms with Gasteiger partial charge in [-0.3, -0.25) is 0 Å². The van der Waals surface area contributed by atoms with Crippen LogP contribution in [-0.4, -0.2) is 86.7 Å². The van der Waals surface area contributed by atoms with Crippen LogP contribution in [0.1, 0.15) is 19.3 Å². The quantitative estimate of drug-likeness (QED) is 0.260. The van der Waals surface area contributed by atoms with Crippen LogP contribution in [0.15, 0.2) is 25.4 Å². The summed E-state index contributed by atoms with van der Waals surface area (Å²) in [4.78, 5) is 0. The SMILES string of the molecule is CSC1=C2SCCCN(S(=O)(=O)C(F)(F)F)CCCN(S(=O)(=O)C(F)(F)F)CCCSC3=C(SC)SC(=C(S1)S2)S3. The second-order valence-electron chi connectivity index (χ2n) is 8.00. The number of hydrogen-bond donors (Lipinski definition) is 0. The number of nitrogens with zero attached hydrogens (tertiary/aromatic N) is 2. The minimum absolute atomic E-state index is 0.0509. The highest BCUT2D eigenvalue weighted by Gasteiger charge is 2.51. The van der Waals surface area contributed by atoms with E-state index >= 15 is 0 Å². The van der Waals surface area contributed by atoms with E-state index in [0.717, 1.165) is 25.4 Å². The Hall–Kier alpha value is 1.42. The molecule has 0 saturated carbocycles. The molecule has 3 rings (SSSR count). The molecular weight excluding hydrogens is 755 g/mol. The van der Waals surface area contributed by atoms with Crippen LogP contribution in [-0.2, 0) is 20.0 Å².